The van der Waals surface area contributed by atoms with E-state index in [2.05, 4.69) is 17.1 Å². The number of anilines is 1. The Morgan fingerprint density at radius 1 is 1.08 bits per heavy atom. The number of aliphatic hydroxyl groups excluding tert-OH is 1. The van der Waals surface area contributed by atoms with Gasteiger partial charge in [0.05, 0.1) is 24.8 Å². The maximum atomic E-state index is 13.5. The molecule has 1 aliphatic rings. The van der Waals surface area contributed by atoms with Crippen LogP contribution in [0.1, 0.15) is 48.9 Å². The van der Waals surface area contributed by atoms with Crippen LogP contribution in [0.5, 0.6) is 11.5 Å². The summed E-state index contributed by atoms with van der Waals surface area (Å²) < 4.78 is 25.2. The predicted octanol–water partition coefficient (Wildman–Crippen LogP) is 5.19. The maximum absolute atomic E-state index is 13.5. The van der Waals surface area contributed by atoms with E-state index in [9.17, 15) is 19.1 Å². The lowest BCUT2D eigenvalue weighted by atomic mass is 9.95. The molecule has 188 valence electrons. The Morgan fingerprint density at radius 2 is 1.83 bits per heavy atom. The Labute approximate surface area is 212 Å². The van der Waals surface area contributed by atoms with E-state index >= 15 is 0 Å². The van der Waals surface area contributed by atoms with Crippen LogP contribution in [0.15, 0.2) is 48.0 Å². The van der Waals surface area contributed by atoms with Crippen molar-refractivity contribution in [3.05, 3.63) is 70.0 Å². The Hall–Kier alpha value is -3.79. The number of ether oxygens (including phenoxy) is 2. The average molecular weight is 512 g/mol. The van der Waals surface area contributed by atoms with Crippen molar-refractivity contribution in [3.63, 3.8) is 0 Å². The highest BCUT2D eigenvalue weighted by Gasteiger charge is 2.48. The number of rotatable bonds is 9. The minimum absolute atomic E-state index is 0.137. The Balaban J connectivity index is 1.88. The first-order valence-corrected chi connectivity index (χ1v) is 12.4. The van der Waals surface area contributed by atoms with Crippen LogP contribution in [-0.2, 0) is 9.59 Å². The SMILES string of the molecule is CCCCOc1ccc(C2/C(=C(\O)c3ccc(F)cc3)C(=O)C(=O)N2c2nnc(C)s2)cc1OCC. The first-order chi connectivity index (χ1) is 17.3. The van der Waals surface area contributed by atoms with E-state index in [1.165, 1.54) is 29.2 Å². The fraction of sp³-hybridized carbons (Fsp3) is 0.308. The van der Waals surface area contributed by atoms with Gasteiger partial charge in [-0.05, 0) is 62.2 Å². The Morgan fingerprint density at radius 3 is 2.47 bits per heavy atom. The van der Waals surface area contributed by atoms with Gasteiger partial charge in [0.1, 0.15) is 16.6 Å². The molecule has 36 heavy (non-hydrogen) atoms. The van der Waals surface area contributed by atoms with E-state index in [1.54, 1.807) is 25.1 Å². The number of carbonyl (C=O) groups is 2. The number of unbranched alkanes of at least 4 members (excludes halogenated alkanes) is 1. The molecule has 1 atom stereocenters. The number of ketones is 1. The van der Waals surface area contributed by atoms with Crippen LogP contribution in [0.3, 0.4) is 0 Å². The number of benzene rings is 2. The highest BCUT2D eigenvalue weighted by atomic mass is 32.1. The van der Waals surface area contributed by atoms with Gasteiger partial charge in [-0.1, -0.05) is 30.7 Å². The molecule has 1 N–H and O–H groups in total. The molecule has 1 amide bonds. The van der Waals surface area contributed by atoms with Crippen LogP contribution in [0, 0.1) is 12.7 Å². The second-order valence-electron chi connectivity index (χ2n) is 8.12. The maximum Gasteiger partial charge on any atom is 0.301 e. The lowest BCUT2D eigenvalue weighted by molar-refractivity contribution is -0.132. The third-order valence-corrected chi connectivity index (χ3v) is 6.46. The number of aryl methyl sites for hydroxylation is 1. The molecule has 10 heteroatoms. The third kappa shape index (κ3) is 4.94. The van der Waals surface area contributed by atoms with Crippen molar-refractivity contribution >= 4 is 33.9 Å². The van der Waals surface area contributed by atoms with Crippen molar-refractivity contribution in [1.29, 1.82) is 0 Å². The number of amides is 1. The quantitative estimate of drug-likeness (QED) is 0.183. The lowest BCUT2D eigenvalue weighted by Gasteiger charge is -2.23. The molecular weight excluding hydrogens is 485 g/mol. The van der Waals surface area contributed by atoms with E-state index in [0.717, 1.165) is 24.2 Å². The molecule has 4 rings (SSSR count). The molecule has 2 heterocycles. The van der Waals surface area contributed by atoms with E-state index in [4.69, 9.17) is 9.47 Å². The molecular formula is C26H26FN3O5S. The minimum Gasteiger partial charge on any atom is -0.507 e. The zero-order chi connectivity index (χ0) is 25.8. The van der Waals surface area contributed by atoms with Gasteiger partial charge in [0.25, 0.3) is 5.78 Å². The van der Waals surface area contributed by atoms with Crippen LogP contribution >= 0.6 is 11.3 Å². The fourth-order valence-electron chi connectivity index (χ4n) is 3.90. The van der Waals surface area contributed by atoms with Crippen molar-refractivity contribution in [1.82, 2.24) is 10.2 Å². The van der Waals surface area contributed by atoms with Crippen molar-refractivity contribution in [2.45, 2.75) is 39.7 Å². The third-order valence-electron chi connectivity index (χ3n) is 5.62. The molecule has 1 aromatic heterocycles. The fourth-order valence-corrected chi connectivity index (χ4v) is 4.61. The molecule has 2 aromatic carbocycles. The molecule has 1 fully saturated rings. The number of Topliss-reactive ketones (excluding diaryl/α,β-unsaturated/α-hetero) is 1. The highest BCUT2D eigenvalue weighted by molar-refractivity contribution is 7.15. The number of aliphatic hydroxyl groups is 1. The summed E-state index contributed by atoms with van der Waals surface area (Å²) in [7, 11) is 0. The van der Waals surface area contributed by atoms with Crippen molar-refractivity contribution in [2.24, 2.45) is 0 Å². The predicted molar refractivity (Wildman–Crippen MR) is 134 cm³/mol. The summed E-state index contributed by atoms with van der Waals surface area (Å²) >= 11 is 1.15. The molecule has 3 aromatic rings. The first kappa shape index (κ1) is 25.3. The zero-order valence-corrected chi connectivity index (χ0v) is 21.0. The molecule has 1 unspecified atom stereocenters. The van der Waals surface area contributed by atoms with Crippen molar-refractivity contribution in [2.75, 3.05) is 18.1 Å². The van der Waals surface area contributed by atoms with Crippen LogP contribution in [0.25, 0.3) is 5.76 Å². The number of aromatic nitrogens is 2. The van der Waals surface area contributed by atoms with Gasteiger partial charge in [0.15, 0.2) is 11.5 Å². The molecule has 0 saturated carbocycles. The highest BCUT2D eigenvalue weighted by Crippen LogP contribution is 2.44. The molecule has 0 bridgehead atoms. The Kier molecular flexibility index (Phi) is 7.64. The molecule has 1 aliphatic heterocycles. The summed E-state index contributed by atoms with van der Waals surface area (Å²) in [5.41, 5.74) is 0.580. The normalized spacial score (nSPS) is 17.0. The van der Waals surface area contributed by atoms with Crippen LogP contribution in [0.4, 0.5) is 9.52 Å². The number of hydrogen-bond donors (Lipinski definition) is 1. The monoisotopic (exact) mass is 511 g/mol. The van der Waals surface area contributed by atoms with Gasteiger partial charge in [-0.25, -0.2) is 4.39 Å². The molecule has 1 saturated heterocycles. The topological polar surface area (TPSA) is 102 Å². The summed E-state index contributed by atoms with van der Waals surface area (Å²) in [5, 5.41) is 20.0. The molecule has 8 nitrogen and oxygen atoms in total. The van der Waals surface area contributed by atoms with Gasteiger partial charge in [-0.15, -0.1) is 10.2 Å². The smallest absolute Gasteiger partial charge is 0.301 e. The van der Waals surface area contributed by atoms with Crippen LogP contribution < -0.4 is 14.4 Å². The second-order valence-corrected chi connectivity index (χ2v) is 9.28. The first-order valence-electron chi connectivity index (χ1n) is 11.6. The summed E-state index contributed by atoms with van der Waals surface area (Å²) in [6.07, 6.45) is 1.85. The van der Waals surface area contributed by atoms with E-state index < -0.39 is 29.3 Å². The summed E-state index contributed by atoms with van der Waals surface area (Å²) in [4.78, 5) is 27.7. The number of carbonyl (C=O) groups excluding carboxylic acids is 2. The summed E-state index contributed by atoms with van der Waals surface area (Å²) in [5.74, 6) is -1.64. The largest absolute Gasteiger partial charge is 0.507 e. The van der Waals surface area contributed by atoms with Crippen molar-refractivity contribution < 1.29 is 28.6 Å². The average Bonchev–Trinajstić information content (AvgIpc) is 3.40. The van der Waals surface area contributed by atoms with Gasteiger partial charge >= 0.3 is 5.91 Å². The van der Waals surface area contributed by atoms with Gasteiger partial charge in [0.2, 0.25) is 5.13 Å². The van der Waals surface area contributed by atoms with E-state index in [-0.39, 0.29) is 16.3 Å². The van der Waals surface area contributed by atoms with E-state index in [1.807, 2.05) is 6.92 Å². The summed E-state index contributed by atoms with van der Waals surface area (Å²) in [6, 6.07) is 9.17. The summed E-state index contributed by atoms with van der Waals surface area (Å²) in [6.45, 7) is 6.53. The van der Waals surface area contributed by atoms with Gasteiger partial charge < -0.3 is 14.6 Å². The van der Waals surface area contributed by atoms with Gasteiger partial charge in [-0.3, -0.25) is 14.5 Å². The van der Waals surface area contributed by atoms with Gasteiger partial charge in [0, 0.05) is 5.56 Å². The minimum atomic E-state index is -1.01. The zero-order valence-electron chi connectivity index (χ0n) is 20.2. The molecule has 0 aliphatic carbocycles. The number of halogens is 1. The number of nitrogens with zero attached hydrogens (tertiary/aromatic N) is 3. The molecule has 0 radical (unpaired) electrons. The lowest BCUT2D eigenvalue weighted by Crippen LogP contribution is -2.29. The standard InChI is InChI=1S/C26H26FN3O5S/c1-4-6-13-35-19-12-9-17(14-20(19)34-5-2)22-21(23(31)16-7-10-18(27)11-8-16)24(32)25(33)30(22)26-29-28-15(3)36-26/h7-12,14,22,31H,4-6,13H2,1-3H3/b23-21+. The van der Waals surface area contributed by atoms with Crippen molar-refractivity contribution in [3.8, 4) is 11.5 Å². The second kappa shape index (κ2) is 10.9. The van der Waals surface area contributed by atoms with Gasteiger partial charge in [-0.2, -0.15) is 0 Å². The van der Waals surface area contributed by atoms with Crippen LogP contribution in [0.2, 0.25) is 0 Å². The van der Waals surface area contributed by atoms with E-state index in [0.29, 0.717) is 35.3 Å². The Bertz CT molecular complexity index is 1310. The van der Waals surface area contributed by atoms with Crippen LogP contribution in [-0.4, -0.2) is 40.2 Å². The molecule has 0 spiro atoms. The number of hydrogen-bond acceptors (Lipinski definition) is 8.